The maximum Gasteiger partial charge on any atom is 0.279 e. The lowest BCUT2D eigenvalue weighted by Crippen LogP contribution is -2.38. The SMILES string of the molecule is Cc1cccc(-n2nc(C(C)(C)C)c(C)c2NC(=O)/C(=N\O)c2ccc(OCCN3CCOCC3)c3ccccc23)c1. The molecule has 1 aromatic heterocycles. The van der Waals surface area contributed by atoms with Gasteiger partial charge in [0.25, 0.3) is 5.91 Å². The zero-order valence-electron chi connectivity index (χ0n) is 25.0. The fourth-order valence-electron chi connectivity index (χ4n) is 5.40. The number of morpholine rings is 1. The lowest BCUT2D eigenvalue weighted by molar-refractivity contribution is -0.110. The van der Waals surface area contributed by atoms with Crippen LogP contribution in [0.3, 0.4) is 0 Å². The van der Waals surface area contributed by atoms with Crippen molar-refractivity contribution in [2.24, 2.45) is 5.16 Å². The Kier molecular flexibility index (Phi) is 8.61. The summed E-state index contributed by atoms with van der Waals surface area (Å²) < 4.78 is 13.4. The molecular formula is C33H39N5O4. The quantitative estimate of drug-likeness (QED) is 0.166. The number of aromatic nitrogens is 2. The number of rotatable bonds is 8. The Morgan fingerprint density at radius 2 is 1.79 bits per heavy atom. The van der Waals surface area contributed by atoms with Crippen LogP contribution in [0, 0.1) is 13.8 Å². The molecule has 4 aromatic rings. The van der Waals surface area contributed by atoms with E-state index in [9.17, 15) is 10.0 Å². The Labute approximate surface area is 246 Å². The standard InChI is InChI=1S/C33H39N5O4/c1-22-9-8-10-24(21-22)38-31(23(2)30(35-38)33(3,4)5)34-32(39)29(36-40)27-13-14-28(26-12-7-6-11-25(26)27)42-20-17-37-15-18-41-19-16-37/h6-14,21,40H,15-20H2,1-5H3,(H,34,39)/b36-29-. The van der Waals surface area contributed by atoms with Gasteiger partial charge in [-0.15, -0.1) is 0 Å². The van der Waals surface area contributed by atoms with Crippen LogP contribution in [-0.4, -0.2) is 71.0 Å². The smallest absolute Gasteiger partial charge is 0.279 e. The summed E-state index contributed by atoms with van der Waals surface area (Å²) in [5.41, 5.74) is 3.78. The third kappa shape index (κ3) is 6.17. The van der Waals surface area contributed by atoms with Gasteiger partial charge >= 0.3 is 0 Å². The van der Waals surface area contributed by atoms with Crippen LogP contribution in [0.4, 0.5) is 5.82 Å². The Morgan fingerprint density at radius 3 is 2.48 bits per heavy atom. The molecule has 1 aliphatic rings. The first-order valence-electron chi connectivity index (χ1n) is 14.3. The normalized spacial score (nSPS) is 14.7. The highest BCUT2D eigenvalue weighted by molar-refractivity contribution is 6.50. The van der Waals surface area contributed by atoms with Gasteiger partial charge < -0.3 is 20.0 Å². The molecular weight excluding hydrogens is 530 g/mol. The minimum Gasteiger partial charge on any atom is -0.492 e. The zero-order valence-corrected chi connectivity index (χ0v) is 25.0. The van der Waals surface area contributed by atoms with E-state index in [1.807, 2.05) is 68.4 Å². The molecule has 0 bridgehead atoms. The van der Waals surface area contributed by atoms with Crippen LogP contribution >= 0.6 is 0 Å². The van der Waals surface area contributed by atoms with Gasteiger partial charge in [-0.25, -0.2) is 4.68 Å². The first kappa shape index (κ1) is 29.3. The van der Waals surface area contributed by atoms with Gasteiger partial charge in [-0.1, -0.05) is 62.3 Å². The molecule has 0 unspecified atom stereocenters. The molecule has 9 heteroatoms. The number of fused-ring (bicyclic) bond motifs is 1. The second-order valence-electron chi connectivity index (χ2n) is 11.7. The van der Waals surface area contributed by atoms with Crippen LogP contribution in [0.5, 0.6) is 5.75 Å². The predicted octanol–water partition coefficient (Wildman–Crippen LogP) is 5.47. The topological polar surface area (TPSA) is 101 Å². The summed E-state index contributed by atoms with van der Waals surface area (Å²) in [5, 5.41) is 23.1. The number of ether oxygens (including phenoxy) is 2. The average Bonchev–Trinajstić information content (AvgIpc) is 3.31. The van der Waals surface area contributed by atoms with E-state index in [0.717, 1.165) is 66.1 Å². The van der Waals surface area contributed by atoms with Crippen molar-refractivity contribution in [3.05, 3.63) is 83.0 Å². The molecule has 0 aliphatic carbocycles. The number of carbonyl (C=O) groups excluding carboxylic acids is 1. The third-order valence-electron chi connectivity index (χ3n) is 7.53. The van der Waals surface area contributed by atoms with Crippen molar-refractivity contribution in [3.8, 4) is 11.4 Å². The third-order valence-corrected chi connectivity index (χ3v) is 7.53. The van der Waals surface area contributed by atoms with Crippen molar-refractivity contribution in [3.63, 3.8) is 0 Å². The minimum atomic E-state index is -0.541. The van der Waals surface area contributed by atoms with E-state index in [4.69, 9.17) is 14.6 Å². The Hall–Kier alpha value is -4.21. The number of hydrogen-bond donors (Lipinski definition) is 2. The number of nitrogens with one attached hydrogen (secondary N) is 1. The Morgan fingerprint density at radius 1 is 1.05 bits per heavy atom. The first-order valence-corrected chi connectivity index (χ1v) is 14.3. The van der Waals surface area contributed by atoms with Gasteiger partial charge in [0, 0.05) is 41.6 Å². The zero-order chi connectivity index (χ0) is 29.9. The fraction of sp³-hybridized carbons (Fsp3) is 0.364. The molecule has 1 amide bonds. The van der Waals surface area contributed by atoms with Gasteiger partial charge in [0.15, 0.2) is 5.71 Å². The monoisotopic (exact) mass is 569 g/mol. The molecule has 9 nitrogen and oxygen atoms in total. The van der Waals surface area contributed by atoms with Gasteiger partial charge in [0.05, 0.1) is 24.6 Å². The number of nitrogens with zero attached hydrogens (tertiary/aromatic N) is 4. The molecule has 1 saturated heterocycles. The van der Waals surface area contributed by atoms with E-state index in [2.05, 4.69) is 36.1 Å². The van der Waals surface area contributed by atoms with Crippen LogP contribution < -0.4 is 10.1 Å². The summed E-state index contributed by atoms with van der Waals surface area (Å²) in [6, 6.07) is 19.2. The van der Waals surface area contributed by atoms with E-state index in [1.165, 1.54) is 0 Å². The summed E-state index contributed by atoms with van der Waals surface area (Å²) in [7, 11) is 0. The van der Waals surface area contributed by atoms with Gasteiger partial charge in [-0.05, 0) is 49.1 Å². The van der Waals surface area contributed by atoms with E-state index in [-0.39, 0.29) is 11.1 Å². The highest BCUT2D eigenvalue weighted by Crippen LogP contribution is 2.33. The molecule has 220 valence electrons. The van der Waals surface area contributed by atoms with Gasteiger partial charge in [-0.2, -0.15) is 5.10 Å². The number of hydrogen-bond acceptors (Lipinski definition) is 7. The molecule has 42 heavy (non-hydrogen) atoms. The number of benzene rings is 3. The second-order valence-corrected chi connectivity index (χ2v) is 11.7. The summed E-state index contributed by atoms with van der Waals surface area (Å²) in [5.74, 6) is 0.702. The summed E-state index contributed by atoms with van der Waals surface area (Å²) in [6.07, 6.45) is 0. The lowest BCUT2D eigenvalue weighted by atomic mass is 9.90. The van der Waals surface area contributed by atoms with E-state index < -0.39 is 5.91 Å². The summed E-state index contributed by atoms with van der Waals surface area (Å²) >= 11 is 0. The number of oxime groups is 1. The highest BCUT2D eigenvalue weighted by Gasteiger charge is 2.28. The Balaban J connectivity index is 1.45. The van der Waals surface area contributed by atoms with Gasteiger partial charge in [0.1, 0.15) is 18.2 Å². The minimum absolute atomic E-state index is 0.0974. The molecule has 0 saturated carbocycles. The van der Waals surface area contributed by atoms with Crippen molar-refractivity contribution in [2.75, 3.05) is 44.8 Å². The molecule has 3 aromatic carbocycles. The number of amides is 1. The number of carbonyl (C=O) groups is 1. The van der Waals surface area contributed by atoms with E-state index in [1.54, 1.807) is 10.7 Å². The van der Waals surface area contributed by atoms with E-state index in [0.29, 0.717) is 23.7 Å². The molecule has 0 radical (unpaired) electrons. The highest BCUT2D eigenvalue weighted by atomic mass is 16.5. The Bertz CT molecular complexity index is 1610. The van der Waals surface area contributed by atoms with Crippen LogP contribution in [0.1, 0.15) is 43.2 Å². The summed E-state index contributed by atoms with van der Waals surface area (Å²) in [4.78, 5) is 16.1. The molecule has 1 aliphatic heterocycles. The van der Waals surface area contributed by atoms with Crippen molar-refractivity contribution in [1.82, 2.24) is 14.7 Å². The molecule has 2 heterocycles. The largest absolute Gasteiger partial charge is 0.492 e. The lowest BCUT2D eigenvalue weighted by Gasteiger charge is -2.26. The number of aryl methyl sites for hydroxylation is 1. The van der Waals surface area contributed by atoms with Crippen LogP contribution in [0.25, 0.3) is 16.5 Å². The summed E-state index contributed by atoms with van der Waals surface area (Å²) in [6.45, 7) is 14.8. The molecule has 2 N–H and O–H groups in total. The molecule has 0 atom stereocenters. The maximum absolute atomic E-state index is 13.8. The number of anilines is 1. The predicted molar refractivity (Wildman–Crippen MR) is 165 cm³/mol. The van der Waals surface area contributed by atoms with E-state index >= 15 is 0 Å². The molecule has 0 spiro atoms. The van der Waals surface area contributed by atoms with Gasteiger partial charge in [-0.3, -0.25) is 9.69 Å². The van der Waals surface area contributed by atoms with Crippen LogP contribution in [0.2, 0.25) is 0 Å². The first-order chi connectivity index (χ1) is 20.2. The van der Waals surface area contributed by atoms with Crippen molar-refractivity contribution >= 4 is 28.2 Å². The van der Waals surface area contributed by atoms with Crippen molar-refractivity contribution in [2.45, 2.75) is 40.0 Å². The fourth-order valence-corrected chi connectivity index (χ4v) is 5.40. The van der Waals surface area contributed by atoms with Crippen molar-refractivity contribution in [1.29, 1.82) is 0 Å². The van der Waals surface area contributed by atoms with Crippen LogP contribution in [0.15, 0.2) is 65.8 Å². The average molecular weight is 570 g/mol. The molecule has 1 fully saturated rings. The van der Waals surface area contributed by atoms with Gasteiger partial charge in [0.2, 0.25) is 0 Å². The molecule has 5 rings (SSSR count). The second kappa shape index (κ2) is 12.3. The van der Waals surface area contributed by atoms with Crippen molar-refractivity contribution < 1.29 is 19.5 Å². The maximum atomic E-state index is 13.8. The van der Waals surface area contributed by atoms with Crippen LogP contribution in [-0.2, 0) is 14.9 Å².